The van der Waals surface area contributed by atoms with Crippen LogP contribution in [0.25, 0.3) is 0 Å². The van der Waals surface area contributed by atoms with Gasteiger partial charge in [0.1, 0.15) is 0 Å². The minimum Gasteiger partial charge on any atom is -0.229 e. The van der Waals surface area contributed by atoms with Gasteiger partial charge in [0.05, 0.1) is 22.0 Å². The van der Waals surface area contributed by atoms with Crippen LogP contribution in [0.1, 0.15) is 51.0 Å². The van der Waals surface area contributed by atoms with E-state index < -0.39 is 30.2 Å². The molecule has 0 spiro atoms. The summed E-state index contributed by atoms with van der Waals surface area (Å²) in [7, 11) is -6.82. The lowest BCUT2D eigenvalue weighted by molar-refractivity contribution is 0.468. The molecule has 0 heterocycles. The largest absolute Gasteiger partial charge is 0.229 e. The van der Waals surface area contributed by atoms with Crippen LogP contribution >= 0.6 is 0 Å². The highest BCUT2D eigenvalue weighted by atomic mass is 32.2. The van der Waals surface area contributed by atoms with Gasteiger partial charge in [0, 0.05) is 0 Å². The predicted octanol–water partition coefficient (Wildman–Crippen LogP) is 3.13. The first-order valence-corrected chi connectivity index (χ1v) is 11.8. The topological polar surface area (TPSA) is 68.3 Å². The minimum absolute atomic E-state index is 0.0711. The quantitative estimate of drug-likeness (QED) is 0.751. The molecule has 6 heteroatoms. The smallest absolute Gasteiger partial charge is 0.158 e. The number of hydrogen-bond acceptors (Lipinski definition) is 4. The molecule has 0 saturated heterocycles. The van der Waals surface area contributed by atoms with E-state index in [2.05, 4.69) is 0 Å². The summed E-state index contributed by atoms with van der Waals surface area (Å²) in [5, 5.41) is -1.48. The molecule has 0 N–H and O–H groups in total. The van der Waals surface area contributed by atoms with Gasteiger partial charge in [-0.2, -0.15) is 0 Å². The number of benzene rings is 1. The van der Waals surface area contributed by atoms with Gasteiger partial charge in [-0.1, -0.05) is 56.5 Å². The van der Waals surface area contributed by atoms with Gasteiger partial charge < -0.3 is 0 Å². The summed E-state index contributed by atoms with van der Waals surface area (Å²) in [6.07, 6.45) is 3.93. The fraction of sp³-hybridized carbons (Fsp3) is 0.647. The summed E-state index contributed by atoms with van der Waals surface area (Å²) >= 11 is 0. The molecule has 0 unspecified atom stereocenters. The standard InChI is InChI=1S/C17H26O4S2/c1-2-3-13-22(18,19)16-11-7-8-12-17(16)23(20,21)14-15-9-5-4-6-10-15/h4-6,9-10,16-17H,2-3,7-8,11-14H2,1H3/t16-,17-/m0/s1. The molecule has 1 aromatic carbocycles. The number of unbranched alkanes of at least 4 members (excludes halogenated alkanes) is 1. The van der Waals surface area contributed by atoms with E-state index in [4.69, 9.17) is 0 Å². The lowest BCUT2D eigenvalue weighted by Gasteiger charge is -2.31. The first kappa shape index (κ1) is 18.5. The SMILES string of the molecule is CCCCS(=O)(=O)[C@H]1CCCC[C@@H]1S(=O)(=O)Cc1ccccc1. The van der Waals surface area contributed by atoms with E-state index in [1.165, 1.54) is 0 Å². The zero-order valence-electron chi connectivity index (χ0n) is 13.6. The van der Waals surface area contributed by atoms with Crippen molar-refractivity contribution in [2.75, 3.05) is 5.75 Å². The Morgan fingerprint density at radius 2 is 1.48 bits per heavy atom. The van der Waals surface area contributed by atoms with Gasteiger partial charge >= 0.3 is 0 Å². The third-order valence-corrected chi connectivity index (χ3v) is 9.30. The van der Waals surface area contributed by atoms with Crippen molar-refractivity contribution in [1.82, 2.24) is 0 Å². The Morgan fingerprint density at radius 1 is 0.913 bits per heavy atom. The summed E-state index contributed by atoms with van der Waals surface area (Å²) in [6.45, 7) is 1.94. The molecular weight excluding hydrogens is 332 g/mol. The molecule has 0 amide bonds. The molecule has 1 fully saturated rings. The van der Waals surface area contributed by atoms with Crippen molar-refractivity contribution in [3.63, 3.8) is 0 Å². The first-order valence-electron chi connectivity index (χ1n) is 8.34. The van der Waals surface area contributed by atoms with Crippen LogP contribution in [0.4, 0.5) is 0 Å². The molecule has 4 nitrogen and oxygen atoms in total. The van der Waals surface area contributed by atoms with E-state index in [1.54, 1.807) is 24.3 Å². The van der Waals surface area contributed by atoms with Crippen molar-refractivity contribution in [2.45, 2.75) is 61.7 Å². The molecule has 2 rings (SSSR count). The van der Waals surface area contributed by atoms with Gasteiger partial charge in [0.25, 0.3) is 0 Å². The van der Waals surface area contributed by atoms with E-state index in [-0.39, 0.29) is 11.5 Å². The highest BCUT2D eigenvalue weighted by Crippen LogP contribution is 2.32. The number of rotatable bonds is 7. The molecular formula is C17H26O4S2. The molecule has 1 aromatic rings. The van der Waals surface area contributed by atoms with Crippen LogP contribution in [-0.2, 0) is 25.4 Å². The molecule has 130 valence electrons. The zero-order chi connectivity index (χ0) is 16.9. The van der Waals surface area contributed by atoms with Crippen LogP contribution in [0.5, 0.6) is 0 Å². The van der Waals surface area contributed by atoms with Gasteiger partial charge in [-0.05, 0) is 24.8 Å². The third-order valence-electron chi connectivity index (χ3n) is 4.56. The van der Waals surface area contributed by atoms with E-state index in [1.807, 2.05) is 13.0 Å². The average molecular weight is 359 g/mol. The normalized spacial score (nSPS) is 22.8. The highest BCUT2D eigenvalue weighted by Gasteiger charge is 2.42. The van der Waals surface area contributed by atoms with Gasteiger partial charge in [-0.3, -0.25) is 0 Å². The molecule has 0 radical (unpaired) electrons. The second-order valence-corrected chi connectivity index (χ2v) is 10.9. The second kappa shape index (κ2) is 7.79. The third kappa shape index (κ3) is 4.80. The highest BCUT2D eigenvalue weighted by molar-refractivity contribution is 7.95. The van der Waals surface area contributed by atoms with Crippen molar-refractivity contribution in [2.24, 2.45) is 0 Å². The van der Waals surface area contributed by atoms with Crippen molar-refractivity contribution < 1.29 is 16.8 Å². The van der Waals surface area contributed by atoms with Gasteiger partial charge in [0.15, 0.2) is 19.7 Å². The Labute approximate surface area is 140 Å². The summed E-state index contributed by atoms with van der Waals surface area (Å²) in [5.74, 6) is 0.0316. The van der Waals surface area contributed by atoms with Crippen LogP contribution in [0, 0.1) is 0 Å². The van der Waals surface area contributed by atoms with E-state index in [9.17, 15) is 16.8 Å². The molecule has 1 aliphatic carbocycles. The van der Waals surface area contributed by atoms with Crippen molar-refractivity contribution in [1.29, 1.82) is 0 Å². The van der Waals surface area contributed by atoms with Gasteiger partial charge in [0.2, 0.25) is 0 Å². The van der Waals surface area contributed by atoms with E-state index >= 15 is 0 Å². The van der Waals surface area contributed by atoms with Crippen LogP contribution in [-0.4, -0.2) is 33.1 Å². The van der Waals surface area contributed by atoms with E-state index in [0.29, 0.717) is 19.3 Å². The van der Waals surface area contributed by atoms with Gasteiger partial charge in [-0.15, -0.1) is 0 Å². The molecule has 0 aromatic heterocycles. The summed E-state index contributed by atoms with van der Waals surface area (Å²) in [5.41, 5.74) is 0.725. The molecule has 2 atom stereocenters. The lowest BCUT2D eigenvalue weighted by atomic mass is 10.00. The average Bonchev–Trinajstić information content (AvgIpc) is 2.53. The Hall–Kier alpha value is -0.880. The van der Waals surface area contributed by atoms with Crippen LogP contribution in [0.3, 0.4) is 0 Å². The van der Waals surface area contributed by atoms with Crippen molar-refractivity contribution >= 4 is 19.7 Å². The lowest BCUT2D eigenvalue weighted by Crippen LogP contribution is -2.43. The maximum atomic E-state index is 12.8. The Balaban J connectivity index is 2.23. The summed E-state index contributed by atoms with van der Waals surface area (Å²) < 4.78 is 50.8. The van der Waals surface area contributed by atoms with Gasteiger partial charge in [-0.25, -0.2) is 16.8 Å². The number of sulfone groups is 2. The monoisotopic (exact) mass is 358 g/mol. The molecule has 0 aliphatic heterocycles. The molecule has 0 bridgehead atoms. The fourth-order valence-electron chi connectivity index (χ4n) is 3.29. The Morgan fingerprint density at radius 3 is 2.04 bits per heavy atom. The van der Waals surface area contributed by atoms with Crippen molar-refractivity contribution in [3.05, 3.63) is 35.9 Å². The molecule has 23 heavy (non-hydrogen) atoms. The van der Waals surface area contributed by atoms with Crippen LogP contribution in [0.15, 0.2) is 30.3 Å². The molecule has 1 aliphatic rings. The maximum Gasteiger partial charge on any atom is 0.158 e. The van der Waals surface area contributed by atoms with Crippen LogP contribution < -0.4 is 0 Å². The summed E-state index contributed by atoms with van der Waals surface area (Å²) in [6, 6.07) is 9.01. The van der Waals surface area contributed by atoms with Crippen molar-refractivity contribution in [3.8, 4) is 0 Å². The summed E-state index contributed by atoms with van der Waals surface area (Å²) in [4.78, 5) is 0. The Bertz CT molecular complexity index is 693. The minimum atomic E-state index is -3.47. The van der Waals surface area contributed by atoms with Crippen LogP contribution in [0.2, 0.25) is 0 Å². The maximum absolute atomic E-state index is 12.8. The van der Waals surface area contributed by atoms with E-state index in [0.717, 1.165) is 24.8 Å². The fourth-order valence-corrected chi connectivity index (χ4v) is 8.42. The Kier molecular flexibility index (Phi) is 6.26. The first-order chi connectivity index (χ1) is 10.9. The zero-order valence-corrected chi connectivity index (χ0v) is 15.3. The predicted molar refractivity (Wildman–Crippen MR) is 93.8 cm³/mol. The second-order valence-electron chi connectivity index (χ2n) is 6.37. The number of hydrogen-bond donors (Lipinski definition) is 0. The molecule has 1 saturated carbocycles.